The highest BCUT2D eigenvalue weighted by atomic mass is 28.4. The van der Waals surface area contributed by atoms with Gasteiger partial charge in [-0.2, -0.15) is 0 Å². The summed E-state index contributed by atoms with van der Waals surface area (Å²) < 4.78 is 19.0. The molecule has 1 aromatic rings. The van der Waals surface area contributed by atoms with Crippen molar-refractivity contribution in [2.75, 3.05) is 31.9 Å². The van der Waals surface area contributed by atoms with E-state index in [1.165, 1.54) is 5.69 Å². The molecule has 0 aliphatic heterocycles. The van der Waals surface area contributed by atoms with Gasteiger partial charge in [0.1, 0.15) is 8.24 Å². The molecule has 0 spiro atoms. The molecule has 22 heavy (non-hydrogen) atoms. The summed E-state index contributed by atoms with van der Waals surface area (Å²) in [4.78, 5) is 0. The van der Waals surface area contributed by atoms with Crippen LogP contribution >= 0.6 is 0 Å². The van der Waals surface area contributed by atoms with Crippen molar-refractivity contribution >= 4 is 22.7 Å². The molecule has 1 aromatic carbocycles. The molecule has 0 saturated heterocycles. The monoisotopic (exact) mass is 341 g/mol. The van der Waals surface area contributed by atoms with Crippen LogP contribution in [0.1, 0.15) is 12.8 Å². The molecule has 0 aliphatic carbocycles. The van der Waals surface area contributed by atoms with Gasteiger partial charge in [-0.05, 0) is 25.0 Å². The molecule has 6 heteroatoms. The van der Waals surface area contributed by atoms with Gasteiger partial charge in [0.25, 0.3) is 0 Å². The molecule has 0 aromatic heterocycles. The lowest BCUT2D eigenvalue weighted by molar-refractivity contribution is 0.104. The minimum atomic E-state index is -2.38. The lowest BCUT2D eigenvalue weighted by Crippen LogP contribution is -2.47. The van der Waals surface area contributed by atoms with Gasteiger partial charge in [-0.1, -0.05) is 37.8 Å². The van der Waals surface area contributed by atoms with Gasteiger partial charge in [0, 0.05) is 39.6 Å². The summed E-state index contributed by atoms with van der Waals surface area (Å²) in [5, 5.41) is 0. The highest BCUT2D eigenvalue weighted by Gasteiger charge is 2.31. The van der Waals surface area contributed by atoms with Gasteiger partial charge in [-0.25, -0.2) is 0 Å². The van der Waals surface area contributed by atoms with Crippen LogP contribution in [0.25, 0.3) is 0 Å². The quantitative estimate of drug-likeness (QED) is 0.476. The van der Waals surface area contributed by atoms with Crippen molar-refractivity contribution in [2.45, 2.75) is 39.0 Å². The van der Waals surface area contributed by atoms with Crippen molar-refractivity contribution < 1.29 is 13.3 Å². The molecule has 0 bridgehead atoms. The van der Waals surface area contributed by atoms with E-state index in [9.17, 15) is 0 Å². The summed E-state index contributed by atoms with van der Waals surface area (Å²) in [5.41, 5.74) is 1.33. The largest absolute Gasteiger partial charge is 0.497 e. The van der Waals surface area contributed by atoms with E-state index in [0.717, 1.165) is 19.4 Å². The third kappa shape index (κ3) is 6.22. The number of hydrogen-bond donors (Lipinski definition) is 0. The zero-order valence-electron chi connectivity index (χ0n) is 14.9. The van der Waals surface area contributed by atoms with Gasteiger partial charge >= 0.3 is 8.80 Å². The topological polar surface area (TPSA) is 30.9 Å². The zero-order valence-corrected chi connectivity index (χ0v) is 16.9. The number of para-hydroxylation sites is 1. The van der Waals surface area contributed by atoms with Crippen molar-refractivity contribution in [1.29, 1.82) is 0 Å². The average Bonchev–Trinajstić information content (AvgIpc) is 2.50. The van der Waals surface area contributed by atoms with E-state index in [1.807, 2.05) is 6.55 Å². The number of anilines is 1. The van der Waals surface area contributed by atoms with Gasteiger partial charge in [-0.3, -0.25) is 0 Å². The van der Waals surface area contributed by atoms with Gasteiger partial charge in [-0.15, -0.1) is 0 Å². The van der Waals surface area contributed by atoms with Crippen LogP contribution in [-0.2, 0) is 13.3 Å². The van der Waals surface area contributed by atoms with Crippen LogP contribution in [-0.4, -0.2) is 44.4 Å². The van der Waals surface area contributed by atoms with Crippen LogP contribution in [0.4, 0.5) is 5.69 Å². The van der Waals surface area contributed by atoms with Crippen LogP contribution in [0.5, 0.6) is 0 Å². The van der Waals surface area contributed by atoms with E-state index in [2.05, 4.69) is 54.5 Å². The maximum Gasteiger partial charge on any atom is 0.497 e. The highest BCUT2D eigenvalue weighted by molar-refractivity contribution is 6.79. The zero-order chi connectivity index (χ0) is 16.6. The summed E-state index contributed by atoms with van der Waals surface area (Å²) in [6, 6.07) is 10.7. The van der Waals surface area contributed by atoms with Crippen molar-refractivity contribution in [3.63, 3.8) is 0 Å². The van der Waals surface area contributed by atoms with Crippen LogP contribution in [0.15, 0.2) is 30.3 Å². The minimum Gasteiger partial charge on any atom is -0.398 e. The molecule has 0 aliphatic rings. The second kappa shape index (κ2) is 8.83. The Morgan fingerprint density at radius 2 is 1.50 bits per heavy atom. The normalized spacial score (nSPS) is 12.5. The summed E-state index contributed by atoms with van der Waals surface area (Å²) in [7, 11) is -0.465. The van der Waals surface area contributed by atoms with Crippen LogP contribution in [0.2, 0.25) is 26.2 Å². The number of rotatable bonds is 10. The second-order valence-electron chi connectivity index (χ2n) is 6.48. The average molecular weight is 342 g/mol. The first kappa shape index (κ1) is 19.4. The molecule has 0 amide bonds. The molecule has 0 saturated carbocycles. The van der Waals surface area contributed by atoms with Gasteiger partial charge in [0.2, 0.25) is 0 Å². The van der Waals surface area contributed by atoms with E-state index >= 15 is 0 Å². The summed E-state index contributed by atoms with van der Waals surface area (Å²) >= 11 is 0. The Morgan fingerprint density at radius 1 is 0.909 bits per heavy atom. The van der Waals surface area contributed by atoms with E-state index < -0.39 is 17.0 Å². The molecule has 0 unspecified atom stereocenters. The highest BCUT2D eigenvalue weighted by Crippen LogP contribution is 2.21. The summed E-state index contributed by atoms with van der Waals surface area (Å²) in [6.07, 6.45) is 2.13. The van der Waals surface area contributed by atoms with Crippen LogP contribution < -0.4 is 4.57 Å². The molecule has 0 heterocycles. The molecular weight excluding hydrogens is 310 g/mol. The van der Waals surface area contributed by atoms with E-state index in [0.29, 0.717) is 6.61 Å². The Bertz CT molecular complexity index is 419. The molecule has 0 fully saturated rings. The lowest BCUT2D eigenvalue weighted by atomic mass is 10.3. The van der Waals surface area contributed by atoms with E-state index in [-0.39, 0.29) is 0 Å². The molecular formula is C16H31NO3Si2. The fourth-order valence-electron chi connectivity index (χ4n) is 2.29. The van der Waals surface area contributed by atoms with Crippen molar-refractivity contribution in [3.05, 3.63) is 30.3 Å². The predicted octanol–water partition coefficient (Wildman–Crippen LogP) is 3.99. The molecule has 126 valence electrons. The Balaban J connectivity index is 2.46. The Hall–Kier alpha value is -0.666. The Labute approximate surface area is 137 Å². The van der Waals surface area contributed by atoms with Gasteiger partial charge < -0.3 is 17.8 Å². The smallest absolute Gasteiger partial charge is 0.398 e. The maximum absolute atomic E-state index is 5.79. The molecule has 0 radical (unpaired) electrons. The SMILES string of the molecule is CO[Si](C)(OC)OCCCCN(c1ccccc1)[Si](C)(C)C. The second-order valence-corrected chi connectivity index (χ2v) is 14.2. The number of unbranched alkanes of at least 4 members (excludes halogenated alkanes) is 1. The summed E-state index contributed by atoms with van der Waals surface area (Å²) in [6.45, 7) is 10.8. The first-order valence-corrected chi connectivity index (χ1v) is 13.6. The van der Waals surface area contributed by atoms with Crippen molar-refractivity contribution in [1.82, 2.24) is 0 Å². The molecule has 0 atom stereocenters. The standard InChI is InChI=1S/C16H31NO3Si2/c1-18-22(6,19-2)20-15-11-10-14-17(21(3,4)5)16-12-8-7-9-13-16/h7-9,12-13H,10-11,14-15H2,1-6H3. The summed E-state index contributed by atoms with van der Waals surface area (Å²) in [5.74, 6) is 0. The predicted molar refractivity (Wildman–Crippen MR) is 98.0 cm³/mol. The van der Waals surface area contributed by atoms with Crippen LogP contribution in [0.3, 0.4) is 0 Å². The minimum absolute atomic E-state index is 0.693. The van der Waals surface area contributed by atoms with Gasteiger partial charge in [0.15, 0.2) is 0 Å². The van der Waals surface area contributed by atoms with Crippen molar-refractivity contribution in [2.24, 2.45) is 0 Å². The first-order chi connectivity index (χ1) is 10.3. The van der Waals surface area contributed by atoms with E-state index in [4.69, 9.17) is 13.3 Å². The third-order valence-corrected chi connectivity index (χ3v) is 8.07. The van der Waals surface area contributed by atoms with Crippen molar-refractivity contribution in [3.8, 4) is 0 Å². The molecule has 1 rings (SSSR count). The number of nitrogens with zero attached hydrogens (tertiary/aromatic N) is 1. The third-order valence-electron chi connectivity index (χ3n) is 3.76. The Morgan fingerprint density at radius 3 is 2.00 bits per heavy atom. The fourth-order valence-corrected chi connectivity index (χ4v) is 4.96. The first-order valence-electron chi connectivity index (χ1n) is 7.89. The van der Waals surface area contributed by atoms with Crippen LogP contribution in [0, 0.1) is 0 Å². The maximum atomic E-state index is 5.79. The molecule has 0 N–H and O–H groups in total. The molecule has 4 nitrogen and oxygen atoms in total. The van der Waals surface area contributed by atoms with E-state index in [1.54, 1.807) is 14.2 Å². The van der Waals surface area contributed by atoms with Gasteiger partial charge in [0.05, 0.1) is 0 Å². The number of hydrogen-bond acceptors (Lipinski definition) is 4. The Kier molecular flexibility index (Phi) is 7.78. The number of benzene rings is 1. The fraction of sp³-hybridized carbons (Fsp3) is 0.625. The lowest BCUT2D eigenvalue weighted by Gasteiger charge is -2.36.